The number of hydrogen-bond donors (Lipinski definition) is 1. The van der Waals surface area contributed by atoms with Crippen LogP contribution in [0.25, 0.3) is 0 Å². The summed E-state index contributed by atoms with van der Waals surface area (Å²) in [5, 5.41) is 9.51. The van der Waals surface area contributed by atoms with Gasteiger partial charge in [-0.1, -0.05) is 17.7 Å². The third kappa shape index (κ3) is 2.84. The van der Waals surface area contributed by atoms with Crippen molar-refractivity contribution in [2.45, 2.75) is 31.5 Å². The van der Waals surface area contributed by atoms with Gasteiger partial charge in [-0.05, 0) is 26.1 Å². The van der Waals surface area contributed by atoms with E-state index in [1.165, 1.54) is 4.90 Å². The Kier molecular flexibility index (Phi) is 4.12. The van der Waals surface area contributed by atoms with Crippen molar-refractivity contribution in [3.8, 4) is 0 Å². The molecule has 1 amide bonds. The molecule has 23 heavy (non-hydrogen) atoms. The molecule has 0 bridgehead atoms. The van der Waals surface area contributed by atoms with Crippen LogP contribution in [0.4, 0.5) is 0 Å². The summed E-state index contributed by atoms with van der Waals surface area (Å²) < 4.78 is 5.88. The summed E-state index contributed by atoms with van der Waals surface area (Å²) in [7, 11) is 2.02. The Morgan fingerprint density at radius 3 is 2.39 bits per heavy atom. The van der Waals surface area contributed by atoms with Crippen molar-refractivity contribution in [3.05, 3.63) is 35.4 Å². The van der Waals surface area contributed by atoms with E-state index in [9.17, 15) is 14.7 Å². The SMILES string of the molecule is Cc1ccc(C(=O)N2[C@H](C(=O)O)COC23CCN(C)CC3)cc1. The van der Waals surface area contributed by atoms with Gasteiger partial charge in [0.2, 0.25) is 0 Å². The Balaban J connectivity index is 1.94. The highest BCUT2D eigenvalue weighted by atomic mass is 16.5. The normalized spacial score (nSPS) is 24.1. The van der Waals surface area contributed by atoms with E-state index in [4.69, 9.17) is 4.74 Å². The molecule has 0 saturated carbocycles. The maximum Gasteiger partial charge on any atom is 0.328 e. The number of benzene rings is 1. The first-order valence-electron chi connectivity index (χ1n) is 7.89. The Morgan fingerprint density at radius 1 is 1.22 bits per heavy atom. The molecule has 0 aliphatic carbocycles. The van der Waals surface area contributed by atoms with Gasteiger partial charge in [0.05, 0.1) is 6.61 Å². The number of carboxylic acid groups (broad SMARTS) is 1. The van der Waals surface area contributed by atoms with E-state index in [0.29, 0.717) is 18.4 Å². The Hall–Kier alpha value is -1.92. The topological polar surface area (TPSA) is 70.1 Å². The third-order valence-electron chi connectivity index (χ3n) is 4.83. The molecule has 6 heteroatoms. The number of carboxylic acids is 1. The van der Waals surface area contributed by atoms with Crippen molar-refractivity contribution in [3.63, 3.8) is 0 Å². The number of amides is 1. The molecule has 1 aromatic carbocycles. The summed E-state index contributed by atoms with van der Waals surface area (Å²) >= 11 is 0. The van der Waals surface area contributed by atoms with Crippen molar-refractivity contribution >= 4 is 11.9 Å². The van der Waals surface area contributed by atoms with Crippen molar-refractivity contribution < 1.29 is 19.4 Å². The van der Waals surface area contributed by atoms with Crippen molar-refractivity contribution in [1.29, 1.82) is 0 Å². The van der Waals surface area contributed by atoms with E-state index in [2.05, 4.69) is 4.90 Å². The van der Waals surface area contributed by atoms with Gasteiger partial charge in [-0.25, -0.2) is 4.79 Å². The average Bonchev–Trinajstić information content (AvgIpc) is 2.90. The van der Waals surface area contributed by atoms with E-state index >= 15 is 0 Å². The number of likely N-dealkylation sites (tertiary alicyclic amines) is 1. The number of carbonyl (C=O) groups excluding carboxylic acids is 1. The molecular weight excluding hydrogens is 296 g/mol. The molecule has 1 N–H and O–H groups in total. The van der Waals surface area contributed by atoms with Gasteiger partial charge in [0, 0.05) is 31.5 Å². The minimum Gasteiger partial charge on any atom is -0.480 e. The molecule has 2 aliphatic heterocycles. The molecule has 6 nitrogen and oxygen atoms in total. The van der Waals surface area contributed by atoms with Crippen LogP contribution in [0.15, 0.2) is 24.3 Å². The predicted octanol–water partition coefficient (Wildman–Crippen LogP) is 1.34. The highest BCUT2D eigenvalue weighted by molar-refractivity contribution is 5.97. The van der Waals surface area contributed by atoms with Crippen molar-refractivity contribution in [1.82, 2.24) is 9.80 Å². The average molecular weight is 318 g/mol. The fourth-order valence-corrected chi connectivity index (χ4v) is 3.36. The zero-order chi connectivity index (χ0) is 16.6. The largest absolute Gasteiger partial charge is 0.480 e. The predicted molar refractivity (Wildman–Crippen MR) is 84.2 cm³/mol. The second kappa shape index (κ2) is 5.94. The third-order valence-corrected chi connectivity index (χ3v) is 4.83. The van der Waals surface area contributed by atoms with E-state index in [1.807, 2.05) is 26.1 Å². The van der Waals surface area contributed by atoms with Crippen LogP contribution in [-0.4, -0.2) is 65.3 Å². The maximum atomic E-state index is 13.0. The van der Waals surface area contributed by atoms with Crippen LogP contribution >= 0.6 is 0 Å². The summed E-state index contributed by atoms with van der Waals surface area (Å²) in [6.45, 7) is 3.57. The van der Waals surface area contributed by atoms with Gasteiger partial charge in [-0.3, -0.25) is 9.69 Å². The van der Waals surface area contributed by atoms with E-state index < -0.39 is 17.7 Å². The molecule has 3 rings (SSSR count). The lowest BCUT2D eigenvalue weighted by atomic mass is 9.97. The van der Waals surface area contributed by atoms with Crippen molar-refractivity contribution in [2.24, 2.45) is 0 Å². The molecule has 1 spiro atoms. The number of nitrogens with zero attached hydrogens (tertiary/aromatic N) is 2. The molecule has 0 unspecified atom stereocenters. The van der Waals surface area contributed by atoms with Gasteiger partial charge in [-0.2, -0.15) is 0 Å². The summed E-state index contributed by atoms with van der Waals surface area (Å²) in [5.74, 6) is -1.28. The fourth-order valence-electron chi connectivity index (χ4n) is 3.36. The molecule has 0 aromatic heterocycles. The lowest BCUT2D eigenvalue weighted by Gasteiger charge is -2.43. The number of aliphatic carboxylic acids is 1. The Bertz CT molecular complexity index is 606. The molecule has 2 saturated heterocycles. The highest BCUT2D eigenvalue weighted by Gasteiger charge is 2.53. The van der Waals surface area contributed by atoms with Gasteiger partial charge in [0.15, 0.2) is 6.04 Å². The summed E-state index contributed by atoms with van der Waals surface area (Å²) in [6, 6.07) is 6.30. The van der Waals surface area contributed by atoms with Gasteiger partial charge >= 0.3 is 5.97 Å². The Morgan fingerprint density at radius 2 is 1.83 bits per heavy atom. The van der Waals surface area contributed by atoms with Gasteiger partial charge in [0.1, 0.15) is 5.72 Å². The highest BCUT2D eigenvalue weighted by Crippen LogP contribution is 2.38. The minimum absolute atomic E-state index is 0.0522. The molecule has 2 fully saturated rings. The maximum absolute atomic E-state index is 13.0. The molecule has 2 aliphatic rings. The molecule has 1 atom stereocenters. The van der Waals surface area contributed by atoms with Gasteiger partial charge in [-0.15, -0.1) is 0 Å². The summed E-state index contributed by atoms with van der Waals surface area (Å²) in [4.78, 5) is 28.2. The zero-order valence-electron chi connectivity index (χ0n) is 13.5. The number of piperidine rings is 1. The molecular formula is C17H22N2O4. The van der Waals surface area contributed by atoms with Crippen LogP contribution in [0.1, 0.15) is 28.8 Å². The monoisotopic (exact) mass is 318 g/mol. The standard InChI is InChI=1S/C17H22N2O4/c1-12-3-5-13(6-4-12)15(20)19-14(16(21)22)11-23-17(19)7-9-18(2)10-8-17/h3-6,14H,7-11H2,1-2H3,(H,21,22)/t14-/m0/s1. The zero-order valence-corrected chi connectivity index (χ0v) is 13.5. The second-order valence-electron chi connectivity index (χ2n) is 6.46. The molecule has 1 aromatic rings. The van der Waals surface area contributed by atoms with Gasteiger partial charge in [0.25, 0.3) is 5.91 Å². The number of hydrogen-bond acceptors (Lipinski definition) is 4. The van der Waals surface area contributed by atoms with Crippen LogP contribution < -0.4 is 0 Å². The number of ether oxygens (including phenoxy) is 1. The first-order chi connectivity index (χ1) is 10.9. The molecule has 124 valence electrons. The first kappa shape index (κ1) is 16.0. The Labute approximate surface area is 135 Å². The van der Waals surface area contributed by atoms with Crippen LogP contribution in [0.5, 0.6) is 0 Å². The van der Waals surface area contributed by atoms with Crippen LogP contribution in [-0.2, 0) is 9.53 Å². The minimum atomic E-state index is -1.01. The number of rotatable bonds is 2. The fraction of sp³-hybridized carbons (Fsp3) is 0.529. The van der Waals surface area contributed by atoms with Crippen LogP contribution in [0, 0.1) is 6.92 Å². The van der Waals surface area contributed by atoms with Gasteiger partial charge < -0.3 is 14.7 Å². The smallest absolute Gasteiger partial charge is 0.328 e. The second-order valence-corrected chi connectivity index (χ2v) is 6.46. The van der Waals surface area contributed by atoms with E-state index in [1.54, 1.807) is 12.1 Å². The van der Waals surface area contributed by atoms with Crippen LogP contribution in [0.3, 0.4) is 0 Å². The quantitative estimate of drug-likeness (QED) is 0.891. The summed E-state index contributed by atoms with van der Waals surface area (Å²) in [5.41, 5.74) is 0.769. The van der Waals surface area contributed by atoms with Crippen LogP contribution in [0.2, 0.25) is 0 Å². The number of aryl methyl sites for hydroxylation is 1. The first-order valence-corrected chi connectivity index (χ1v) is 7.89. The molecule has 2 heterocycles. The van der Waals surface area contributed by atoms with E-state index in [-0.39, 0.29) is 12.5 Å². The number of carbonyl (C=O) groups is 2. The lowest BCUT2D eigenvalue weighted by molar-refractivity contribution is -0.143. The summed E-state index contributed by atoms with van der Waals surface area (Å²) in [6.07, 6.45) is 1.26. The molecule has 0 radical (unpaired) electrons. The van der Waals surface area contributed by atoms with Crippen molar-refractivity contribution in [2.75, 3.05) is 26.7 Å². The lowest BCUT2D eigenvalue weighted by Crippen LogP contribution is -2.57. The van der Waals surface area contributed by atoms with E-state index in [0.717, 1.165) is 18.7 Å².